The predicted molar refractivity (Wildman–Crippen MR) is 107 cm³/mol. The molecule has 5 N–H and O–H groups in total. The number of phenolic OH excluding ortho intramolecular Hbond substituents is 3. The third-order valence-electron chi connectivity index (χ3n) is 5.14. The van der Waals surface area contributed by atoms with Crippen LogP contribution in [0.5, 0.6) is 23.0 Å². The molecule has 8 nitrogen and oxygen atoms in total. The van der Waals surface area contributed by atoms with Gasteiger partial charge in [0, 0.05) is 12.5 Å². The van der Waals surface area contributed by atoms with Gasteiger partial charge < -0.3 is 35.0 Å². The van der Waals surface area contributed by atoms with E-state index in [1.165, 1.54) is 12.1 Å². The molecule has 3 unspecified atom stereocenters. The molecular weight excluding hydrogens is 392 g/mol. The van der Waals surface area contributed by atoms with Crippen LogP contribution < -0.4 is 4.74 Å². The molecular formula is C22H26O8. The number of rotatable bonds is 8. The molecule has 2 aromatic rings. The minimum Gasteiger partial charge on any atom is -0.508 e. The second kappa shape index (κ2) is 9.34. The Morgan fingerprint density at radius 2 is 1.87 bits per heavy atom. The fourth-order valence-corrected chi connectivity index (χ4v) is 3.56. The number of ketones is 1. The molecule has 3 atom stereocenters. The molecule has 0 radical (unpaired) electrons. The Balaban J connectivity index is 2.07. The second-order valence-electron chi connectivity index (χ2n) is 7.24. The zero-order valence-electron chi connectivity index (χ0n) is 16.6. The van der Waals surface area contributed by atoms with Gasteiger partial charge in [-0.05, 0) is 24.1 Å². The van der Waals surface area contributed by atoms with Crippen LogP contribution >= 0.6 is 0 Å². The Kier molecular flexibility index (Phi) is 6.81. The molecule has 1 aliphatic rings. The third kappa shape index (κ3) is 4.51. The SMILES string of the molecule is CCC(O)CC(OCCO)c1c(O)cc(O)c2c1OC(c1ccc(O)cc1)CC2=O. The van der Waals surface area contributed by atoms with Crippen molar-refractivity contribution in [3.05, 3.63) is 47.0 Å². The summed E-state index contributed by atoms with van der Waals surface area (Å²) in [6.07, 6.45) is -1.80. The molecule has 0 saturated carbocycles. The summed E-state index contributed by atoms with van der Waals surface area (Å²) in [6.45, 7) is 1.47. The van der Waals surface area contributed by atoms with E-state index in [1.807, 2.05) is 0 Å². The highest BCUT2D eigenvalue weighted by Gasteiger charge is 2.36. The lowest BCUT2D eigenvalue weighted by Gasteiger charge is -2.31. The number of aliphatic hydroxyl groups is 2. The van der Waals surface area contributed by atoms with Crippen molar-refractivity contribution in [2.24, 2.45) is 0 Å². The smallest absolute Gasteiger partial charge is 0.174 e. The summed E-state index contributed by atoms with van der Waals surface area (Å²) in [7, 11) is 0. The molecule has 0 fully saturated rings. The topological polar surface area (TPSA) is 137 Å². The average molecular weight is 418 g/mol. The summed E-state index contributed by atoms with van der Waals surface area (Å²) in [5, 5.41) is 49.7. The minimum atomic E-state index is -0.868. The largest absolute Gasteiger partial charge is 0.508 e. The zero-order valence-corrected chi connectivity index (χ0v) is 16.6. The van der Waals surface area contributed by atoms with Gasteiger partial charge in [-0.1, -0.05) is 19.1 Å². The van der Waals surface area contributed by atoms with E-state index in [4.69, 9.17) is 14.6 Å². The Labute approximate surface area is 173 Å². The molecule has 0 amide bonds. The van der Waals surface area contributed by atoms with E-state index in [0.717, 1.165) is 6.07 Å². The summed E-state index contributed by atoms with van der Waals surface area (Å²) in [4.78, 5) is 12.8. The number of carbonyl (C=O) groups excluding carboxylic acids is 1. The number of benzene rings is 2. The van der Waals surface area contributed by atoms with Gasteiger partial charge in [0.05, 0.1) is 37.4 Å². The molecule has 0 spiro atoms. The second-order valence-corrected chi connectivity index (χ2v) is 7.24. The van der Waals surface area contributed by atoms with Gasteiger partial charge in [-0.25, -0.2) is 0 Å². The van der Waals surface area contributed by atoms with Crippen LogP contribution in [0.3, 0.4) is 0 Å². The molecule has 3 rings (SSSR count). The Morgan fingerprint density at radius 1 is 1.17 bits per heavy atom. The van der Waals surface area contributed by atoms with E-state index < -0.39 is 24.1 Å². The van der Waals surface area contributed by atoms with Crippen LogP contribution in [0.4, 0.5) is 0 Å². The Hall–Kier alpha value is -2.81. The van der Waals surface area contributed by atoms with Crippen molar-refractivity contribution in [1.82, 2.24) is 0 Å². The molecule has 1 aliphatic heterocycles. The van der Waals surface area contributed by atoms with Crippen molar-refractivity contribution in [3.63, 3.8) is 0 Å². The van der Waals surface area contributed by atoms with E-state index in [-0.39, 0.29) is 60.2 Å². The fraction of sp³-hybridized carbons (Fsp3) is 0.409. The number of ether oxygens (including phenoxy) is 2. The highest BCUT2D eigenvalue weighted by Crippen LogP contribution is 2.49. The average Bonchev–Trinajstić information content (AvgIpc) is 2.71. The van der Waals surface area contributed by atoms with Gasteiger partial charge in [0.2, 0.25) is 0 Å². The van der Waals surface area contributed by atoms with Gasteiger partial charge in [-0.3, -0.25) is 4.79 Å². The molecule has 162 valence electrons. The maximum Gasteiger partial charge on any atom is 0.174 e. The Bertz CT molecular complexity index is 893. The molecule has 0 aromatic heterocycles. The number of hydrogen-bond donors (Lipinski definition) is 5. The van der Waals surface area contributed by atoms with Gasteiger partial charge in [-0.2, -0.15) is 0 Å². The summed E-state index contributed by atoms with van der Waals surface area (Å²) < 4.78 is 11.7. The van der Waals surface area contributed by atoms with E-state index in [0.29, 0.717) is 12.0 Å². The fourth-order valence-electron chi connectivity index (χ4n) is 3.56. The molecule has 0 bridgehead atoms. The highest BCUT2D eigenvalue weighted by atomic mass is 16.5. The quantitative estimate of drug-likeness (QED) is 0.441. The molecule has 8 heteroatoms. The van der Waals surface area contributed by atoms with Crippen molar-refractivity contribution < 1.29 is 39.8 Å². The Morgan fingerprint density at radius 3 is 2.50 bits per heavy atom. The number of aliphatic hydroxyl groups excluding tert-OH is 2. The number of Topliss-reactive ketones (excluding diaryl/α,β-unsaturated/α-hetero) is 1. The van der Waals surface area contributed by atoms with Crippen molar-refractivity contribution in [2.45, 2.75) is 44.5 Å². The molecule has 0 aliphatic carbocycles. The van der Waals surface area contributed by atoms with Crippen molar-refractivity contribution >= 4 is 5.78 Å². The van der Waals surface area contributed by atoms with Gasteiger partial charge in [0.25, 0.3) is 0 Å². The molecule has 0 saturated heterocycles. The monoisotopic (exact) mass is 418 g/mol. The number of phenols is 3. The number of carbonyl (C=O) groups is 1. The number of aromatic hydroxyl groups is 3. The van der Waals surface area contributed by atoms with E-state index in [9.17, 15) is 25.2 Å². The summed E-state index contributed by atoms with van der Waals surface area (Å²) in [6, 6.07) is 7.26. The first kappa shape index (κ1) is 21.9. The minimum absolute atomic E-state index is 0.00642. The molecule has 2 aromatic carbocycles. The number of fused-ring (bicyclic) bond motifs is 1. The molecule has 1 heterocycles. The van der Waals surface area contributed by atoms with Crippen LogP contribution in [-0.4, -0.2) is 50.6 Å². The van der Waals surface area contributed by atoms with Crippen LogP contribution in [0.2, 0.25) is 0 Å². The maximum absolute atomic E-state index is 12.8. The lowest BCUT2D eigenvalue weighted by molar-refractivity contribution is -0.00722. The van der Waals surface area contributed by atoms with Gasteiger partial charge >= 0.3 is 0 Å². The van der Waals surface area contributed by atoms with Gasteiger partial charge in [-0.15, -0.1) is 0 Å². The highest BCUT2D eigenvalue weighted by molar-refractivity contribution is 6.03. The normalized spacial score (nSPS) is 17.8. The maximum atomic E-state index is 12.8. The van der Waals surface area contributed by atoms with Crippen LogP contribution in [0.25, 0.3) is 0 Å². The first-order chi connectivity index (χ1) is 14.3. The predicted octanol–water partition coefficient (Wildman–Crippen LogP) is 2.72. The van der Waals surface area contributed by atoms with E-state index in [1.54, 1.807) is 19.1 Å². The van der Waals surface area contributed by atoms with Crippen LogP contribution in [0, 0.1) is 0 Å². The van der Waals surface area contributed by atoms with E-state index >= 15 is 0 Å². The lowest BCUT2D eigenvalue weighted by Crippen LogP contribution is -2.24. The number of hydrogen-bond acceptors (Lipinski definition) is 8. The van der Waals surface area contributed by atoms with Crippen LogP contribution in [0.15, 0.2) is 30.3 Å². The van der Waals surface area contributed by atoms with Gasteiger partial charge in [0.15, 0.2) is 5.78 Å². The zero-order chi connectivity index (χ0) is 21.8. The first-order valence-corrected chi connectivity index (χ1v) is 9.83. The van der Waals surface area contributed by atoms with Gasteiger partial charge in [0.1, 0.15) is 34.7 Å². The first-order valence-electron chi connectivity index (χ1n) is 9.83. The summed E-state index contributed by atoms with van der Waals surface area (Å²) >= 11 is 0. The summed E-state index contributed by atoms with van der Waals surface area (Å²) in [5.74, 6) is -1.05. The van der Waals surface area contributed by atoms with Crippen LogP contribution in [0.1, 0.15) is 59.9 Å². The summed E-state index contributed by atoms with van der Waals surface area (Å²) in [5.41, 5.74) is 0.726. The molecule has 30 heavy (non-hydrogen) atoms. The third-order valence-corrected chi connectivity index (χ3v) is 5.14. The van der Waals surface area contributed by atoms with E-state index in [2.05, 4.69) is 0 Å². The standard InChI is InChI=1S/C22H26O8/c1-2-13(24)9-19(29-8-7-23)21-16(27)10-15(26)20-17(28)11-18(30-22(20)21)12-3-5-14(25)6-4-12/h3-6,10,13,18-19,23-27H,2,7-9,11H2,1H3. The van der Waals surface area contributed by atoms with Crippen molar-refractivity contribution in [3.8, 4) is 23.0 Å². The van der Waals surface area contributed by atoms with Crippen molar-refractivity contribution in [2.75, 3.05) is 13.2 Å². The lowest BCUT2D eigenvalue weighted by atomic mass is 9.90. The van der Waals surface area contributed by atoms with Crippen molar-refractivity contribution in [1.29, 1.82) is 0 Å². The van der Waals surface area contributed by atoms with Crippen LogP contribution in [-0.2, 0) is 4.74 Å².